The number of aryl methyl sites for hydroxylation is 2. The second-order valence-electron chi connectivity index (χ2n) is 9.25. The molecule has 2 N–H and O–H groups in total. The van der Waals surface area contributed by atoms with Gasteiger partial charge >= 0.3 is 0 Å². The van der Waals surface area contributed by atoms with Crippen LogP contribution in [-0.4, -0.2) is 33.8 Å². The van der Waals surface area contributed by atoms with Crippen molar-refractivity contribution in [2.75, 3.05) is 12.4 Å². The van der Waals surface area contributed by atoms with Crippen LogP contribution in [0.1, 0.15) is 51.6 Å². The largest absolute Gasteiger partial charge is 0.354 e. The fourth-order valence-corrected chi connectivity index (χ4v) is 3.93. The van der Waals surface area contributed by atoms with Gasteiger partial charge in [-0.1, -0.05) is 6.07 Å². The van der Waals surface area contributed by atoms with Gasteiger partial charge in [0, 0.05) is 53.7 Å². The molecule has 0 saturated carbocycles. The van der Waals surface area contributed by atoms with Crippen LogP contribution in [0.3, 0.4) is 0 Å². The molecule has 7 nitrogen and oxygen atoms in total. The summed E-state index contributed by atoms with van der Waals surface area (Å²) in [5.74, 6) is -0.622. The summed E-state index contributed by atoms with van der Waals surface area (Å²) in [6.45, 7) is 6.69. The number of carbonyl (C=O) groups excluding carboxylic acids is 2. The Labute approximate surface area is 215 Å². The first-order valence-electron chi connectivity index (χ1n) is 11.8. The van der Waals surface area contributed by atoms with Crippen molar-refractivity contribution in [2.45, 2.75) is 33.4 Å². The number of hydrogen-bond donors (Lipinski definition) is 2. The lowest BCUT2D eigenvalue weighted by molar-refractivity contribution is 0.0957. The third kappa shape index (κ3) is 5.69. The predicted molar refractivity (Wildman–Crippen MR) is 142 cm³/mol. The number of alkyl halides is 1. The first-order chi connectivity index (χ1) is 17.6. The molecule has 2 amide bonds. The molecule has 3 aromatic heterocycles. The Morgan fingerprint density at radius 1 is 0.838 bits per heavy atom. The first kappa shape index (κ1) is 25.6. The molecule has 0 aliphatic heterocycles. The molecule has 8 heteroatoms. The highest BCUT2D eigenvalue weighted by Crippen LogP contribution is 2.32. The molecule has 0 bridgehead atoms. The highest BCUT2D eigenvalue weighted by atomic mass is 19.1. The van der Waals surface area contributed by atoms with Crippen LogP contribution in [0.25, 0.3) is 22.3 Å². The number of nitrogens with zero attached hydrogens (tertiary/aromatic N) is 3. The fourth-order valence-electron chi connectivity index (χ4n) is 3.93. The number of hydrogen-bond acceptors (Lipinski definition) is 5. The van der Waals surface area contributed by atoms with E-state index in [1.165, 1.54) is 26.1 Å². The normalized spacial score (nSPS) is 11.2. The van der Waals surface area contributed by atoms with Gasteiger partial charge < -0.3 is 10.6 Å². The summed E-state index contributed by atoms with van der Waals surface area (Å²) in [6.07, 6.45) is 4.81. The number of anilines is 1. The van der Waals surface area contributed by atoms with Crippen molar-refractivity contribution in [2.24, 2.45) is 0 Å². The lowest BCUT2D eigenvalue weighted by Crippen LogP contribution is -2.19. The van der Waals surface area contributed by atoms with E-state index < -0.39 is 5.67 Å². The standard InChI is InChI=1S/C29H28FN5O2/c1-17-6-7-22(35-27(36)20-9-11-33-26(14-20)29(3,4)30)15-23(17)21-12-24(18(2)34-16-21)19-8-10-32-25(13-19)28(37)31-5/h6-16H,1-5H3,(H,31,37)(H,35,36). The number of benzene rings is 1. The van der Waals surface area contributed by atoms with E-state index in [2.05, 4.69) is 25.6 Å². The van der Waals surface area contributed by atoms with Gasteiger partial charge in [0.1, 0.15) is 11.4 Å². The van der Waals surface area contributed by atoms with Gasteiger partial charge in [0.15, 0.2) is 0 Å². The van der Waals surface area contributed by atoms with Crippen molar-refractivity contribution in [3.8, 4) is 22.3 Å². The fraction of sp³-hybridized carbons (Fsp3) is 0.207. The zero-order valence-electron chi connectivity index (χ0n) is 21.4. The number of rotatable bonds is 6. The minimum Gasteiger partial charge on any atom is -0.354 e. The molecule has 0 fully saturated rings. The second-order valence-corrected chi connectivity index (χ2v) is 9.25. The van der Waals surface area contributed by atoms with Crippen LogP contribution in [0.5, 0.6) is 0 Å². The number of aromatic nitrogens is 3. The van der Waals surface area contributed by atoms with Crippen molar-refractivity contribution < 1.29 is 14.0 Å². The average molecular weight is 498 g/mol. The molecule has 4 aromatic rings. The predicted octanol–water partition coefficient (Wildman–Crippen LogP) is 5.64. The summed E-state index contributed by atoms with van der Waals surface area (Å²) in [5.41, 5.74) is 5.04. The molecule has 1 aromatic carbocycles. The molecule has 37 heavy (non-hydrogen) atoms. The highest BCUT2D eigenvalue weighted by molar-refractivity contribution is 6.04. The summed E-state index contributed by atoms with van der Waals surface area (Å²) >= 11 is 0. The van der Waals surface area contributed by atoms with Gasteiger partial charge in [-0.3, -0.25) is 24.5 Å². The highest BCUT2D eigenvalue weighted by Gasteiger charge is 2.22. The molecule has 0 radical (unpaired) electrons. The molecule has 0 saturated heterocycles. The van der Waals surface area contributed by atoms with Gasteiger partial charge in [-0.05, 0) is 86.8 Å². The van der Waals surface area contributed by atoms with Gasteiger partial charge in [-0.2, -0.15) is 0 Å². The molecule has 4 rings (SSSR count). The molecule has 0 unspecified atom stereocenters. The summed E-state index contributed by atoms with van der Waals surface area (Å²) in [5, 5.41) is 5.49. The number of pyridine rings is 3. The van der Waals surface area contributed by atoms with Crippen molar-refractivity contribution in [3.05, 3.63) is 95.3 Å². The maximum absolute atomic E-state index is 14.3. The first-order valence-corrected chi connectivity index (χ1v) is 11.8. The Hall–Kier alpha value is -4.46. The van der Waals surface area contributed by atoms with Gasteiger partial charge in [0.25, 0.3) is 11.8 Å². The smallest absolute Gasteiger partial charge is 0.269 e. The lowest BCUT2D eigenvalue weighted by atomic mass is 9.96. The van der Waals surface area contributed by atoms with E-state index in [1.807, 2.05) is 44.2 Å². The summed E-state index contributed by atoms with van der Waals surface area (Å²) in [7, 11) is 1.56. The minimum absolute atomic E-state index is 0.193. The molecule has 188 valence electrons. The Balaban J connectivity index is 1.66. The summed E-state index contributed by atoms with van der Waals surface area (Å²) in [4.78, 5) is 37.7. The van der Waals surface area contributed by atoms with Gasteiger partial charge in [-0.15, -0.1) is 0 Å². The van der Waals surface area contributed by atoms with Crippen molar-refractivity contribution in [1.29, 1.82) is 0 Å². The lowest BCUT2D eigenvalue weighted by Gasteiger charge is -2.15. The van der Waals surface area contributed by atoms with Crippen molar-refractivity contribution in [3.63, 3.8) is 0 Å². The van der Waals surface area contributed by atoms with E-state index in [4.69, 9.17) is 0 Å². The second kappa shape index (κ2) is 10.3. The summed E-state index contributed by atoms with van der Waals surface area (Å²) < 4.78 is 14.3. The molecule has 0 aliphatic carbocycles. The molecule has 0 spiro atoms. The maximum atomic E-state index is 14.3. The van der Waals surface area contributed by atoms with Crippen LogP contribution in [-0.2, 0) is 5.67 Å². The zero-order chi connectivity index (χ0) is 26.7. The SMILES string of the molecule is CNC(=O)c1cc(-c2cc(-c3cc(NC(=O)c4ccnc(C(C)(C)F)c4)ccc3C)cnc2C)ccn1. The minimum atomic E-state index is -1.65. The van der Waals surface area contributed by atoms with E-state index in [0.717, 1.165) is 33.5 Å². The van der Waals surface area contributed by atoms with Crippen LogP contribution in [0, 0.1) is 13.8 Å². The Bertz CT molecular complexity index is 1490. The van der Waals surface area contributed by atoms with E-state index in [9.17, 15) is 14.0 Å². The van der Waals surface area contributed by atoms with E-state index >= 15 is 0 Å². The van der Waals surface area contributed by atoms with E-state index in [1.54, 1.807) is 31.6 Å². The molecular weight excluding hydrogens is 469 g/mol. The average Bonchev–Trinajstić information content (AvgIpc) is 2.89. The molecule has 0 aliphatic rings. The van der Waals surface area contributed by atoms with Crippen molar-refractivity contribution in [1.82, 2.24) is 20.3 Å². The molecule has 3 heterocycles. The zero-order valence-corrected chi connectivity index (χ0v) is 21.4. The van der Waals surface area contributed by atoms with E-state index in [-0.39, 0.29) is 17.5 Å². The van der Waals surface area contributed by atoms with Crippen LogP contribution in [0.15, 0.2) is 67.1 Å². The third-order valence-corrected chi connectivity index (χ3v) is 6.06. The number of nitrogens with one attached hydrogen (secondary N) is 2. The van der Waals surface area contributed by atoms with Crippen LogP contribution in [0.2, 0.25) is 0 Å². The van der Waals surface area contributed by atoms with Crippen molar-refractivity contribution >= 4 is 17.5 Å². The topological polar surface area (TPSA) is 96.9 Å². The number of amides is 2. The molecular formula is C29H28FN5O2. The Morgan fingerprint density at radius 3 is 2.32 bits per heavy atom. The quantitative estimate of drug-likeness (QED) is 0.359. The third-order valence-electron chi connectivity index (χ3n) is 6.06. The van der Waals surface area contributed by atoms with E-state index in [0.29, 0.717) is 16.9 Å². The maximum Gasteiger partial charge on any atom is 0.269 e. The number of halogens is 1. The van der Waals surface area contributed by atoms with Gasteiger partial charge in [-0.25, -0.2) is 4.39 Å². The van der Waals surface area contributed by atoms with Crippen LogP contribution >= 0.6 is 0 Å². The van der Waals surface area contributed by atoms with Crippen LogP contribution < -0.4 is 10.6 Å². The van der Waals surface area contributed by atoms with Crippen LogP contribution in [0.4, 0.5) is 10.1 Å². The monoisotopic (exact) mass is 497 g/mol. The van der Waals surface area contributed by atoms with Gasteiger partial charge in [0.2, 0.25) is 0 Å². The summed E-state index contributed by atoms with van der Waals surface area (Å²) in [6, 6.07) is 14.2. The Kier molecular flexibility index (Phi) is 7.11. The number of carbonyl (C=O) groups is 2. The molecule has 0 atom stereocenters. The Morgan fingerprint density at radius 2 is 1.59 bits per heavy atom. The van der Waals surface area contributed by atoms with Gasteiger partial charge in [0.05, 0.1) is 5.69 Å².